The molecular formula is C21H30N4O5. The van der Waals surface area contributed by atoms with Gasteiger partial charge in [-0.15, -0.1) is 0 Å². The van der Waals surface area contributed by atoms with Crippen molar-refractivity contribution in [3.63, 3.8) is 0 Å². The first-order valence-electron chi connectivity index (χ1n) is 9.86. The lowest BCUT2D eigenvalue weighted by Crippen LogP contribution is -2.60. The minimum absolute atomic E-state index is 0.130. The van der Waals surface area contributed by atoms with E-state index in [2.05, 4.69) is 5.32 Å². The van der Waals surface area contributed by atoms with Gasteiger partial charge in [0.2, 0.25) is 17.7 Å². The smallest absolute Gasteiger partial charge is 0.326 e. The van der Waals surface area contributed by atoms with E-state index in [1.165, 1.54) is 4.90 Å². The Balaban J connectivity index is 2.30. The Labute approximate surface area is 175 Å². The van der Waals surface area contributed by atoms with Crippen molar-refractivity contribution in [3.8, 4) is 0 Å². The first-order valence-corrected chi connectivity index (χ1v) is 9.86. The number of rotatable bonds is 7. The summed E-state index contributed by atoms with van der Waals surface area (Å²) in [7, 11) is 0. The monoisotopic (exact) mass is 418 g/mol. The van der Waals surface area contributed by atoms with Gasteiger partial charge in [0.1, 0.15) is 12.1 Å². The van der Waals surface area contributed by atoms with Gasteiger partial charge in [0.15, 0.2) is 0 Å². The molecule has 3 amide bonds. The maximum atomic E-state index is 13.1. The highest BCUT2D eigenvalue weighted by molar-refractivity contribution is 5.92. The van der Waals surface area contributed by atoms with Crippen molar-refractivity contribution >= 4 is 23.7 Å². The molecule has 30 heavy (non-hydrogen) atoms. The largest absolute Gasteiger partial charge is 0.480 e. The number of primary amides is 1. The predicted octanol–water partition coefficient (Wildman–Crippen LogP) is 0.148. The van der Waals surface area contributed by atoms with E-state index >= 15 is 0 Å². The summed E-state index contributed by atoms with van der Waals surface area (Å²) in [5.74, 6) is -2.91. The summed E-state index contributed by atoms with van der Waals surface area (Å²) in [6.45, 7) is 5.72. The van der Waals surface area contributed by atoms with Crippen LogP contribution >= 0.6 is 0 Å². The van der Waals surface area contributed by atoms with E-state index < -0.39 is 41.3 Å². The van der Waals surface area contributed by atoms with Crippen molar-refractivity contribution in [2.24, 2.45) is 16.9 Å². The third-order valence-corrected chi connectivity index (χ3v) is 5.33. The molecule has 0 saturated heterocycles. The molecule has 3 atom stereocenters. The molecule has 164 valence electrons. The zero-order valence-corrected chi connectivity index (χ0v) is 17.6. The second-order valence-electron chi connectivity index (χ2n) is 8.70. The van der Waals surface area contributed by atoms with Gasteiger partial charge in [-0.05, 0) is 23.0 Å². The standard InChI is InChI=1S/C21H30N4O5/c1-21(2,3)17(23)19(28)25-11-13-7-5-4-6-12(13)10-15(25)18(27)24-14(20(29)30)8-9-16(22)26/h4-7,14-15,17H,8-11,23H2,1-3H3,(H2,22,26)(H,24,27)(H,29,30)/t14-,15?,17+/m0/s1. The first-order chi connectivity index (χ1) is 13.9. The minimum Gasteiger partial charge on any atom is -0.480 e. The molecule has 0 spiro atoms. The zero-order valence-electron chi connectivity index (χ0n) is 17.6. The lowest BCUT2D eigenvalue weighted by Gasteiger charge is -2.40. The number of nitrogens with zero attached hydrogens (tertiary/aromatic N) is 1. The molecule has 6 N–H and O–H groups in total. The van der Waals surface area contributed by atoms with Gasteiger partial charge in [-0.1, -0.05) is 45.0 Å². The Bertz CT molecular complexity index is 833. The number of carboxylic acids is 1. The van der Waals surface area contributed by atoms with E-state index in [0.29, 0.717) is 0 Å². The third kappa shape index (κ3) is 5.56. The molecule has 0 aromatic heterocycles. The normalized spacial score (nSPS) is 18.1. The van der Waals surface area contributed by atoms with Gasteiger partial charge >= 0.3 is 5.97 Å². The van der Waals surface area contributed by atoms with Gasteiger partial charge in [0.05, 0.1) is 6.04 Å². The van der Waals surface area contributed by atoms with E-state index in [1.807, 2.05) is 45.0 Å². The van der Waals surface area contributed by atoms with Gasteiger partial charge in [-0.2, -0.15) is 0 Å². The maximum Gasteiger partial charge on any atom is 0.326 e. The van der Waals surface area contributed by atoms with Gasteiger partial charge < -0.3 is 26.8 Å². The number of aliphatic carboxylic acids is 1. The topological polar surface area (TPSA) is 156 Å². The first kappa shape index (κ1) is 23.3. The van der Waals surface area contributed by atoms with Crippen LogP contribution in [0.3, 0.4) is 0 Å². The molecule has 0 bridgehead atoms. The van der Waals surface area contributed by atoms with Crippen LogP contribution in [0.1, 0.15) is 44.7 Å². The Morgan fingerprint density at radius 2 is 1.80 bits per heavy atom. The number of benzene rings is 1. The van der Waals surface area contributed by atoms with Crippen LogP contribution in [-0.4, -0.2) is 51.8 Å². The SMILES string of the molecule is CC(C)(C)[C@H](N)C(=O)N1Cc2ccccc2CC1C(=O)N[C@@H](CCC(N)=O)C(=O)O. The van der Waals surface area contributed by atoms with E-state index in [9.17, 15) is 24.3 Å². The second-order valence-corrected chi connectivity index (χ2v) is 8.70. The zero-order chi connectivity index (χ0) is 22.6. The van der Waals surface area contributed by atoms with Gasteiger partial charge in [-0.3, -0.25) is 14.4 Å². The molecule has 0 radical (unpaired) electrons. The number of carbonyl (C=O) groups excluding carboxylic acids is 3. The van der Waals surface area contributed by atoms with Crippen molar-refractivity contribution in [1.29, 1.82) is 0 Å². The number of fused-ring (bicyclic) bond motifs is 1. The molecular weight excluding hydrogens is 388 g/mol. The Morgan fingerprint density at radius 3 is 2.33 bits per heavy atom. The summed E-state index contributed by atoms with van der Waals surface area (Å²) < 4.78 is 0. The molecule has 1 aliphatic heterocycles. The van der Waals surface area contributed by atoms with Crippen LogP contribution in [-0.2, 0) is 32.1 Å². The van der Waals surface area contributed by atoms with Gasteiger partial charge in [0, 0.05) is 19.4 Å². The number of amides is 3. The quantitative estimate of drug-likeness (QED) is 0.494. The number of carboxylic acid groups (broad SMARTS) is 1. The summed E-state index contributed by atoms with van der Waals surface area (Å²) in [6.07, 6.45) is -0.0653. The van der Waals surface area contributed by atoms with Crippen LogP contribution in [0.25, 0.3) is 0 Å². The molecule has 9 nitrogen and oxygen atoms in total. The van der Waals surface area contributed by atoms with Crippen LogP contribution in [0.15, 0.2) is 24.3 Å². The lowest BCUT2D eigenvalue weighted by molar-refractivity contribution is -0.147. The van der Waals surface area contributed by atoms with Crippen molar-refractivity contribution in [3.05, 3.63) is 35.4 Å². The van der Waals surface area contributed by atoms with Crippen LogP contribution in [0.5, 0.6) is 0 Å². The lowest BCUT2D eigenvalue weighted by atomic mass is 9.85. The van der Waals surface area contributed by atoms with Crippen LogP contribution in [0.4, 0.5) is 0 Å². The fourth-order valence-corrected chi connectivity index (χ4v) is 3.35. The summed E-state index contributed by atoms with van der Waals surface area (Å²) >= 11 is 0. The van der Waals surface area contributed by atoms with Crippen molar-refractivity contribution in [1.82, 2.24) is 10.2 Å². The van der Waals surface area contributed by atoms with E-state index in [4.69, 9.17) is 11.5 Å². The van der Waals surface area contributed by atoms with Gasteiger partial charge in [0.25, 0.3) is 0 Å². The predicted molar refractivity (Wildman–Crippen MR) is 110 cm³/mol. The third-order valence-electron chi connectivity index (χ3n) is 5.33. The highest BCUT2D eigenvalue weighted by atomic mass is 16.4. The summed E-state index contributed by atoms with van der Waals surface area (Å²) in [5.41, 5.74) is 12.6. The Hall–Kier alpha value is -2.94. The molecule has 1 aliphatic rings. The summed E-state index contributed by atoms with van der Waals surface area (Å²) in [4.78, 5) is 50.1. The highest BCUT2D eigenvalue weighted by Crippen LogP contribution is 2.27. The highest BCUT2D eigenvalue weighted by Gasteiger charge is 2.40. The van der Waals surface area contributed by atoms with Gasteiger partial charge in [-0.25, -0.2) is 4.79 Å². The maximum absolute atomic E-state index is 13.1. The fraction of sp³-hybridized carbons (Fsp3) is 0.524. The van der Waals surface area contributed by atoms with Crippen LogP contribution < -0.4 is 16.8 Å². The number of nitrogens with two attached hydrogens (primary N) is 2. The summed E-state index contributed by atoms with van der Waals surface area (Å²) in [5, 5.41) is 11.8. The number of hydrogen-bond acceptors (Lipinski definition) is 5. The average molecular weight is 418 g/mol. The molecule has 9 heteroatoms. The number of carbonyl (C=O) groups is 4. The fourth-order valence-electron chi connectivity index (χ4n) is 3.35. The molecule has 1 aromatic carbocycles. The van der Waals surface area contributed by atoms with Crippen LogP contribution in [0.2, 0.25) is 0 Å². The Kier molecular flexibility index (Phi) is 7.20. The summed E-state index contributed by atoms with van der Waals surface area (Å²) in [6, 6.07) is 4.45. The number of hydrogen-bond donors (Lipinski definition) is 4. The molecule has 1 aromatic rings. The molecule has 1 heterocycles. The average Bonchev–Trinajstić information content (AvgIpc) is 2.67. The Morgan fingerprint density at radius 1 is 1.20 bits per heavy atom. The van der Waals surface area contributed by atoms with E-state index in [0.717, 1.165) is 11.1 Å². The second kappa shape index (κ2) is 9.25. The molecule has 0 fully saturated rings. The van der Waals surface area contributed by atoms with Crippen molar-refractivity contribution < 1.29 is 24.3 Å². The van der Waals surface area contributed by atoms with Crippen molar-refractivity contribution in [2.45, 2.75) is 64.7 Å². The molecule has 2 rings (SSSR count). The molecule has 0 aliphatic carbocycles. The van der Waals surface area contributed by atoms with Crippen molar-refractivity contribution in [2.75, 3.05) is 0 Å². The van der Waals surface area contributed by atoms with E-state index in [-0.39, 0.29) is 31.7 Å². The number of nitrogens with one attached hydrogen (secondary N) is 1. The van der Waals surface area contributed by atoms with E-state index in [1.54, 1.807) is 0 Å². The van der Waals surface area contributed by atoms with Crippen LogP contribution in [0, 0.1) is 5.41 Å². The molecule has 0 saturated carbocycles. The molecule has 1 unspecified atom stereocenters. The minimum atomic E-state index is -1.28.